The summed E-state index contributed by atoms with van der Waals surface area (Å²) in [6, 6.07) is 16.7. The average molecular weight is 398 g/mol. The number of benzene rings is 2. The zero-order valence-corrected chi connectivity index (χ0v) is 16.6. The van der Waals surface area contributed by atoms with E-state index in [4.69, 9.17) is 9.47 Å². The van der Waals surface area contributed by atoms with Gasteiger partial charge in [-0.2, -0.15) is 0 Å². The van der Waals surface area contributed by atoms with E-state index < -0.39 is 6.09 Å². The summed E-state index contributed by atoms with van der Waals surface area (Å²) in [6.07, 6.45) is -0.539. The minimum Gasteiger partial charge on any atom is -0.450 e. The van der Waals surface area contributed by atoms with E-state index in [1.807, 2.05) is 30.3 Å². The Morgan fingerprint density at radius 2 is 1.86 bits per heavy atom. The molecule has 0 unspecified atom stereocenters. The Hall–Kier alpha value is -2.90. The standard InChI is InChI=1S/C22H27N3O4/c1-2-29-22(27)23-19-10-6-9-18(15-19)21(26)24-20(17-7-4-3-5-8-17)16-25-11-13-28-14-12-25/h3-10,15,20H,2,11-14,16H2,1H3,(H,23,27)(H,24,26)/p+1/t20-/m0/s1. The third-order valence-electron chi connectivity index (χ3n) is 4.85. The number of amides is 2. The zero-order chi connectivity index (χ0) is 20.5. The maximum Gasteiger partial charge on any atom is 0.411 e. The normalized spacial score (nSPS) is 15.3. The van der Waals surface area contributed by atoms with Crippen molar-refractivity contribution in [3.8, 4) is 0 Å². The van der Waals surface area contributed by atoms with Crippen LogP contribution in [-0.4, -0.2) is 51.5 Å². The molecule has 2 aromatic carbocycles. The first-order valence-electron chi connectivity index (χ1n) is 9.96. The van der Waals surface area contributed by atoms with Gasteiger partial charge in [0.2, 0.25) is 0 Å². The number of carbonyl (C=O) groups excluding carboxylic acids is 2. The molecule has 1 fully saturated rings. The Labute approximate surface area is 171 Å². The molecule has 0 bridgehead atoms. The van der Waals surface area contributed by atoms with Crippen LogP contribution in [0.25, 0.3) is 0 Å². The summed E-state index contributed by atoms with van der Waals surface area (Å²) in [6.45, 7) is 6.16. The van der Waals surface area contributed by atoms with Crippen LogP contribution in [0.5, 0.6) is 0 Å². The van der Waals surface area contributed by atoms with Crippen LogP contribution in [0, 0.1) is 0 Å². The smallest absolute Gasteiger partial charge is 0.411 e. The number of hydrogen-bond donors (Lipinski definition) is 3. The van der Waals surface area contributed by atoms with Gasteiger partial charge in [0.25, 0.3) is 5.91 Å². The Balaban J connectivity index is 1.71. The highest BCUT2D eigenvalue weighted by molar-refractivity contribution is 5.96. The molecule has 1 heterocycles. The maximum atomic E-state index is 12.9. The first-order valence-corrected chi connectivity index (χ1v) is 9.96. The van der Waals surface area contributed by atoms with Crippen molar-refractivity contribution in [2.45, 2.75) is 13.0 Å². The average Bonchev–Trinajstić information content (AvgIpc) is 2.75. The number of quaternary nitrogens is 1. The van der Waals surface area contributed by atoms with Crippen LogP contribution in [0.1, 0.15) is 28.9 Å². The first-order chi connectivity index (χ1) is 14.2. The number of rotatable bonds is 7. The highest BCUT2D eigenvalue weighted by Gasteiger charge is 2.23. The van der Waals surface area contributed by atoms with Gasteiger partial charge in [-0.15, -0.1) is 0 Å². The summed E-state index contributed by atoms with van der Waals surface area (Å²) in [7, 11) is 0. The molecule has 7 nitrogen and oxygen atoms in total. The third kappa shape index (κ3) is 6.30. The molecular formula is C22H28N3O4+. The second kappa shape index (κ2) is 10.6. The predicted octanol–water partition coefficient (Wildman–Crippen LogP) is 1.64. The molecule has 3 N–H and O–H groups in total. The summed E-state index contributed by atoms with van der Waals surface area (Å²) >= 11 is 0. The number of carbonyl (C=O) groups is 2. The van der Waals surface area contributed by atoms with Crippen LogP contribution in [0.15, 0.2) is 54.6 Å². The van der Waals surface area contributed by atoms with Gasteiger partial charge in [-0.05, 0) is 30.7 Å². The van der Waals surface area contributed by atoms with Crippen molar-refractivity contribution in [3.63, 3.8) is 0 Å². The van der Waals surface area contributed by atoms with Crippen molar-refractivity contribution in [1.82, 2.24) is 5.32 Å². The van der Waals surface area contributed by atoms with Crippen LogP contribution in [0.4, 0.5) is 10.5 Å². The van der Waals surface area contributed by atoms with Crippen molar-refractivity contribution < 1.29 is 24.0 Å². The van der Waals surface area contributed by atoms with Crippen LogP contribution < -0.4 is 15.5 Å². The van der Waals surface area contributed by atoms with Crippen molar-refractivity contribution in [1.29, 1.82) is 0 Å². The maximum absolute atomic E-state index is 12.9. The molecule has 1 atom stereocenters. The molecule has 3 rings (SSSR count). The summed E-state index contributed by atoms with van der Waals surface area (Å²) in [5.41, 5.74) is 2.07. The van der Waals surface area contributed by atoms with Gasteiger partial charge in [0.1, 0.15) is 25.7 Å². The van der Waals surface area contributed by atoms with Gasteiger partial charge in [0.05, 0.1) is 19.8 Å². The van der Waals surface area contributed by atoms with Crippen LogP contribution in [0.2, 0.25) is 0 Å². The topological polar surface area (TPSA) is 81.1 Å². The van der Waals surface area contributed by atoms with Crippen molar-refractivity contribution in [3.05, 3.63) is 65.7 Å². The Morgan fingerprint density at radius 3 is 2.59 bits per heavy atom. The van der Waals surface area contributed by atoms with E-state index in [0.717, 1.165) is 38.4 Å². The molecule has 0 saturated carbocycles. The quantitative estimate of drug-likeness (QED) is 0.662. The largest absolute Gasteiger partial charge is 0.450 e. The van der Waals surface area contributed by atoms with Crippen molar-refractivity contribution in [2.24, 2.45) is 0 Å². The van der Waals surface area contributed by atoms with Gasteiger partial charge in [0, 0.05) is 11.3 Å². The van der Waals surface area contributed by atoms with E-state index in [0.29, 0.717) is 11.3 Å². The van der Waals surface area contributed by atoms with Crippen molar-refractivity contribution in [2.75, 3.05) is 44.8 Å². The van der Waals surface area contributed by atoms with Gasteiger partial charge in [0.15, 0.2) is 0 Å². The fraction of sp³-hybridized carbons (Fsp3) is 0.364. The molecule has 29 heavy (non-hydrogen) atoms. The summed E-state index contributed by atoms with van der Waals surface area (Å²) < 4.78 is 10.3. The molecule has 1 saturated heterocycles. The third-order valence-corrected chi connectivity index (χ3v) is 4.85. The lowest BCUT2D eigenvalue weighted by atomic mass is 10.1. The van der Waals surface area contributed by atoms with E-state index in [1.165, 1.54) is 4.90 Å². The number of anilines is 1. The van der Waals surface area contributed by atoms with E-state index in [9.17, 15) is 9.59 Å². The summed E-state index contributed by atoms with van der Waals surface area (Å²) in [4.78, 5) is 26.0. The molecular weight excluding hydrogens is 370 g/mol. The lowest BCUT2D eigenvalue weighted by Crippen LogP contribution is -3.14. The molecule has 2 aromatic rings. The Kier molecular flexibility index (Phi) is 7.61. The van der Waals surface area contributed by atoms with Crippen LogP contribution in [-0.2, 0) is 9.47 Å². The lowest BCUT2D eigenvalue weighted by Gasteiger charge is -2.28. The van der Waals surface area contributed by atoms with Crippen LogP contribution >= 0.6 is 0 Å². The molecule has 7 heteroatoms. The van der Waals surface area contributed by atoms with Crippen molar-refractivity contribution >= 4 is 17.7 Å². The molecule has 1 aliphatic rings. The SMILES string of the molecule is CCOC(=O)Nc1cccc(C(=O)N[C@@H](C[NH+]2CCOCC2)c2ccccc2)c1. The highest BCUT2D eigenvalue weighted by Crippen LogP contribution is 2.15. The minimum absolute atomic E-state index is 0.113. The zero-order valence-electron chi connectivity index (χ0n) is 16.6. The van der Waals surface area contributed by atoms with Crippen LogP contribution in [0.3, 0.4) is 0 Å². The van der Waals surface area contributed by atoms with E-state index in [1.54, 1.807) is 31.2 Å². The second-order valence-electron chi connectivity index (χ2n) is 6.93. The lowest BCUT2D eigenvalue weighted by molar-refractivity contribution is -0.909. The Bertz CT molecular complexity index is 807. The highest BCUT2D eigenvalue weighted by atomic mass is 16.5. The van der Waals surface area contributed by atoms with Gasteiger partial charge in [-0.25, -0.2) is 4.79 Å². The van der Waals surface area contributed by atoms with E-state index in [2.05, 4.69) is 10.6 Å². The molecule has 0 aliphatic carbocycles. The predicted molar refractivity (Wildman–Crippen MR) is 110 cm³/mol. The van der Waals surface area contributed by atoms with E-state index >= 15 is 0 Å². The van der Waals surface area contributed by atoms with Gasteiger partial charge in [-0.1, -0.05) is 36.4 Å². The first kappa shape index (κ1) is 20.8. The summed E-state index contributed by atoms with van der Waals surface area (Å²) in [5, 5.41) is 5.79. The number of hydrogen-bond acceptors (Lipinski definition) is 4. The number of ether oxygens (including phenoxy) is 2. The number of nitrogens with one attached hydrogen (secondary N) is 3. The second-order valence-corrected chi connectivity index (χ2v) is 6.93. The summed E-state index contributed by atoms with van der Waals surface area (Å²) in [5.74, 6) is -0.181. The fourth-order valence-electron chi connectivity index (χ4n) is 3.36. The minimum atomic E-state index is -0.539. The molecule has 0 radical (unpaired) electrons. The molecule has 154 valence electrons. The molecule has 1 aliphatic heterocycles. The fourth-order valence-corrected chi connectivity index (χ4v) is 3.36. The Morgan fingerprint density at radius 1 is 1.10 bits per heavy atom. The number of morpholine rings is 1. The molecule has 0 spiro atoms. The van der Waals surface area contributed by atoms with E-state index in [-0.39, 0.29) is 18.6 Å². The molecule has 0 aromatic heterocycles. The molecule has 2 amide bonds. The van der Waals surface area contributed by atoms with Gasteiger partial charge >= 0.3 is 6.09 Å². The monoisotopic (exact) mass is 398 g/mol. The van der Waals surface area contributed by atoms with Gasteiger partial charge in [-0.3, -0.25) is 10.1 Å². The van der Waals surface area contributed by atoms with Gasteiger partial charge < -0.3 is 19.7 Å².